The number of hydrogen-bond acceptors (Lipinski definition) is 5. The van der Waals surface area contributed by atoms with E-state index < -0.39 is 15.8 Å². The van der Waals surface area contributed by atoms with Crippen LogP contribution in [0.4, 0.5) is 10.1 Å². The predicted molar refractivity (Wildman–Crippen MR) is 100 cm³/mol. The Morgan fingerprint density at radius 2 is 1.85 bits per heavy atom. The molecule has 1 heterocycles. The molecule has 0 bridgehead atoms. The summed E-state index contributed by atoms with van der Waals surface area (Å²) < 4.78 is 46.0. The number of ether oxygens (including phenoxy) is 1. The van der Waals surface area contributed by atoms with Crippen molar-refractivity contribution in [3.63, 3.8) is 0 Å². The van der Waals surface area contributed by atoms with Gasteiger partial charge in [-0.1, -0.05) is 25.1 Å². The summed E-state index contributed by atoms with van der Waals surface area (Å²) in [5, 5.41) is 8.11. The molecule has 0 saturated heterocycles. The van der Waals surface area contributed by atoms with Crippen LogP contribution in [0.15, 0.2) is 65.6 Å². The Morgan fingerprint density at radius 1 is 1.04 bits per heavy atom. The van der Waals surface area contributed by atoms with Crippen molar-refractivity contribution in [3.8, 4) is 17.1 Å². The summed E-state index contributed by atoms with van der Waals surface area (Å²) in [7, 11) is -3.90. The molecule has 1 N–H and O–H groups in total. The van der Waals surface area contributed by atoms with E-state index in [-0.39, 0.29) is 4.90 Å². The van der Waals surface area contributed by atoms with Gasteiger partial charge in [0.05, 0.1) is 17.2 Å². The number of anilines is 1. The number of aromatic nitrogens is 2. The highest BCUT2D eigenvalue weighted by molar-refractivity contribution is 7.92. The Hall–Kier alpha value is -3.00. The number of nitrogens with one attached hydrogen (secondary N) is 1. The van der Waals surface area contributed by atoms with Gasteiger partial charge in [0.2, 0.25) is 5.88 Å². The maximum absolute atomic E-state index is 13.3. The van der Waals surface area contributed by atoms with Crippen LogP contribution >= 0.6 is 0 Å². The third-order valence-corrected chi connectivity index (χ3v) is 4.99. The van der Waals surface area contributed by atoms with Crippen LogP contribution in [0, 0.1) is 5.82 Å². The van der Waals surface area contributed by atoms with Gasteiger partial charge in [-0.25, -0.2) is 12.8 Å². The number of rotatable bonds is 7. The van der Waals surface area contributed by atoms with Gasteiger partial charge in [-0.2, -0.15) is 0 Å². The normalized spacial score (nSPS) is 11.2. The fourth-order valence-corrected chi connectivity index (χ4v) is 3.43. The largest absolute Gasteiger partial charge is 0.477 e. The highest BCUT2D eigenvalue weighted by atomic mass is 32.2. The molecule has 0 aliphatic heterocycles. The first-order chi connectivity index (χ1) is 13.0. The molecule has 0 saturated carbocycles. The van der Waals surface area contributed by atoms with Gasteiger partial charge in [-0.05, 0) is 42.8 Å². The summed E-state index contributed by atoms with van der Waals surface area (Å²) >= 11 is 0. The third kappa shape index (κ3) is 4.79. The van der Waals surface area contributed by atoms with E-state index >= 15 is 0 Å². The summed E-state index contributed by atoms with van der Waals surface area (Å²) in [6.45, 7) is 2.56. The van der Waals surface area contributed by atoms with Crippen molar-refractivity contribution < 1.29 is 17.5 Å². The fraction of sp³-hybridized carbons (Fsp3) is 0.158. The Morgan fingerprint density at radius 3 is 2.56 bits per heavy atom. The van der Waals surface area contributed by atoms with Gasteiger partial charge in [0.25, 0.3) is 10.0 Å². The first kappa shape index (κ1) is 18.8. The van der Waals surface area contributed by atoms with Crippen LogP contribution in [0.1, 0.15) is 13.3 Å². The van der Waals surface area contributed by atoms with Gasteiger partial charge in [0.15, 0.2) is 0 Å². The lowest BCUT2D eigenvalue weighted by Crippen LogP contribution is -2.13. The smallest absolute Gasteiger partial charge is 0.261 e. The van der Waals surface area contributed by atoms with Crippen molar-refractivity contribution in [3.05, 3.63) is 66.5 Å². The molecule has 3 rings (SSSR count). The molecule has 0 atom stereocenters. The summed E-state index contributed by atoms with van der Waals surface area (Å²) in [5.74, 6) is -0.184. The van der Waals surface area contributed by atoms with Gasteiger partial charge in [0.1, 0.15) is 5.82 Å². The van der Waals surface area contributed by atoms with Gasteiger partial charge in [0, 0.05) is 17.3 Å². The van der Waals surface area contributed by atoms with Crippen LogP contribution in [0.5, 0.6) is 5.88 Å². The molecule has 6 nitrogen and oxygen atoms in total. The molecule has 140 valence electrons. The fourth-order valence-electron chi connectivity index (χ4n) is 2.35. The molecule has 2 aromatic carbocycles. The van der Waals surface area contributed by atoms with Crippen molar-refractivity contribution in [1.29, 1.82) is 0 Å². The molecule has 0 radical (unpaired) electrons. The zero-order valence-electron chi connectivity index (χ0n) is 14.6. The first-order valence-electron chi connectivity index (χ1n) is 8.33. The highest BCUT2D eigenvalue weighted by Crippen LogP contribution is 2.23. The van der Waals surface area contributed by atoms with Crippen LogP contribution < -0.4 is 9.46 Å². The molecule has 1 aromatic heterocycles. The number of nitrogens with zero attached hydrogens (tertiary/aromatic N) is 2. The number of benzene rings is 2. The van der Waals surface area contributed by atoms with Gasteiger partial charge >= 0.3 is 0 Å². The topological polar surface area (TPSA) is 81.2 Å². The van der Waals surface area contributed by atoms with Crippen LogP contribution in [0.2, 0.25) is 0 Å². The van der Waals surface area contributed by atoms with Crippen LogP contribution in [0.3, 0.4) is 0 Å². The molecule has 8 heteroatoms. The van der Waals surface area contributed by atoms with Crippen LogP contribution in [-0.2, 0) is 10.0 Å². The highest BCUT2D eigenvalue weighted by Gasteiger charge is 2.15. The molecule has 0 spiro atoms. The minimum absolute atomic E-state index is 0.148. The minimum Gasteiger partial charge on any atom is -0.477 e. The average Bonchev–Trinajstić information content (AvgIpc) is 2.67. The second-order valence-corrected chi connectivity index (χ2v) is 7.43. The molecule has 0 aliphatic rings. The third-order valence-electron chi connectivity index (χ3n) is 3.61. The van der Waals surface area contributed by atoms with Crippen molar-refractivity contribution in [2.45, 2.75) is 18.2 Å². The van der Waals surface area contributed by atoms with Crippen molar-refractivity contribution in [2.24, 2.45) is 0 Å². The number of sulfonamides is 1. The second-order valence-electron chi connectivity index (χ2n) is 5.75. The van der Waals surface area contributed by atoms with Crippen molar-refractivity contribution in [1.82, 2.24) is 10.2 Å². The van der Waals surface area contributed by atoms with E-state index in [4.69, 9.17) is 4.74 Å². The Labute approximate surface area is 157 Å². The summed E-state index contributed by atoms with van der Waals surface area (Å²) in [5.41, 5.74) is 1.60. The lowest BCUT2D eigenvalue weighted by Gasteiger charge is -2.10. The number of halogens is 1. The molecule has 0 unspecified atom stereocenters. The SMILES string of the molecule is CCCOc1ccc(-c2cccc(NS(=O)(=O)c3cccc(F)c3)c2)nn1. The van der Waals surface area contributed by atoms with Gasteiger partial charge in [-0.3, -0.25) is 4.72 Å². The van der Waals surface area contributed by atoms with Gasteiger partial charge < -0.3 is 4.74 Å². The molecule has 0 aliphatic carbocycles. The van der Waals surface area contributed by atoms with E-state index in [0.717, 1.165) is 12.5 Å². The lowest BCUT2D eigenvalue weighted by molar-refractivity contribution is 0.302. The van der Waals surface area contributed by atoms with Crippen LogP contribution in [-0.4, -0.2) is 25.2 Å². The Bertz CT molecular complexity index is 1020. The minimum atomic E-state index is -3.90. The maximum Gasteiger partial charge on any atom is 0.261 e. The van der Waals surface area contributed by atoms with E-state index in [2.05, 4.69) is 14.9 Å². The van der Waals surface area contributed by atoms with E-state index in [9.17, 15) is 12.8 Å². The molecular formula is C19H18FN3O3S. The Balaban J connectivity index is 1.81. The van der Waals surface area contributed by atoms with Crippen molar-refractivity contribution in [2.75, 3.05) is 11.3 Å². The molecule has 0 fully saturated rings. The first-order valence-corrected chi connectivity index (χ1v) is 9.81. The quantitative estimate of drug-likeness (QED) is 0.665. The van der Waals surface area contributed by atoms with E-state index in [1.54, 1.807) is 36.4 Å². The lowest BCUT2D eigenvalue weighted by atomic mass is 10.1. The van der Waals surface area contributed by atoms with Crippen LogP contribution in [0.25, 0.3) is 11.3 Å². The summed E-state index contributed by atoms with van der Waals surface area (Å²) in [4.78, 5) is -0.148. The average molecular weight is 387 g/mol. The second kappa shape index (κ2) is 8.13. The van der Waals surface area contributed by atoms with Crippen molar-refractivity contribution >= 4 is 15.7 Å². The zero-order chi connectivity index (χ0) is 19.3. The zero-order valence-corrected chi connectivity index (χ0v) is 15.4. The van der Waals surface area contributed by atoms with E-state index in [1.165, 1.54) is 18.2 Å². The monoisotopic (exact) mass is 387 g/mol. The number of hydrogen-bond donors (Lipinski definition) is 1. The molecular weight excluding hydrogens is 369 g/mol. The standard InChI is InChI=1S/C19H18FN3O3S/c1-2-11-26-19-10-9-18(21-22-19)14-5-3-7-16(12-14)23-27(24,25)17-8-4-6-15(20)13-17/h3-10,12-13,23H,2,11H2,1H3. The maximum atomic E-state index is 13.3. The predicted octanol–water partition coefficient (Wildman–Crippen LogP) is 3.87. The Kier molecular flexibility index (Phi) is 5.66. The molecule has 3 aromatic rings. The molecule has 0 amide bonds. The summed E-state index contributed by atoms with van der Waals surface area (Å²) in [6, 6.07) is 15.0. The summed E-state index contributed by atoms with van der Waals surface area (Å²) in [6.07, 6.45) is 0.872. The van der Waals surface area contributed by atoms with E-state index in [1.807, 2.05) is 6.92 Å². The van der Waals surface area contributed by atoms with E-state index in [0.29, 0.717) is 29.4 Å². The van der Waals surface area contributed by atoms with Gasteiger partial charge in [-0.15, -0.1) is 10.2 Å². The molecule has 27 heavy (non-hydrogen) atoms.